The highest BCUT2D eigenvalue weighted by molar-refractivity contribution is 9.11. The molecule has 0 amide bonds. The van der Waals surface area contributed by atoms with E-state index in [9.17, 15) is 8.42 Å². The first-order valence-corrected chi connectivity index (χ1v) is 7.41. The Balaban J connectivity index is 3.05. The number of hydrogen-bond donors (Lipinski definition) is 1. The first kappa shape index (κ1) is 12.3. The van der Waals surface area contributed by atoms with Gasteiger partial charge in [-0.05, 0) is 28.1 Å². The Bertz CT molecular complexity index is 435. The van der Waals surface area contributed by atoms with Crippen molar-refractivity contribution >= 4 is 59.2 Å². The molecule has 0 fully saturated rings. The zero-order valence-electron chi connectivity index (χ0n) is 6.80. The van der Waals surface area contributed by atoms with E-state index in [1.165, 1.54) is 0 Å². The lowest BCUT2D eigenvalue weighted by Crippen LogP contribution is -2.13. The van der Waals surface area contributed by atoms with E-state index in [1.807, 2.05) is 0 Å². The van der Waals surface area contributed by atoms with Crippen LogP contribution in [-0.4, -0.2) is 13.1 Å². The number of anilines is 1. The average Bonchev–Trinajstić information content (AvgIpc) is 2.13. The van der Waals surface area contributed by atoms with Gasteiger partial charge in [0.2, 0.25) is 10.0 Å². The third kappa shape index (κ3) is 3.12. The molecule has 1 rings (SSSR count). The van der Waals surface area contributed by atoms with Crippen molar-refractivity contribution in [2.24, 2.45) is 0 Å². The van der Waals surface area contributed by atoms with Crippen LogP contribution < -0.4 is 4.72 Å². The maximum absolute atomic E-state index is 11.2. The molecular formula is C7H6Br2ClNO2S. The van der Waals surface area contributed by atoms with E-state index in [1.54, 1.807) is 18.2 Å². The van der Waals surface area contributed by atoms with Crippen molar-refractivity contribution in [2.45, 2.75) is 0 Å². The standard InChI is InChI=1S/C7H6Br2ClNO2S/c8-4-14(12,13)11-6-3-1-2-5(9)7(6)10/h1-3,11H,4H2. The lowest BCUT2D eigenvalue weighted by molar-refractivity contribution is 0.606. The van der Waals surface area contributed by atoms with Crippen LogP contribution in [0.1, 0.15) is 0 Å². The minimum absolute atomic E-state index is 0.164. The fraction of sp³-hybridized carbons (Fsp3) is 0.143. The van der Waals surface area contributed by atoms with Gasteiger partial charge in [-0.3, -0.25) is 4.72 Å². The van der Waals surface area contributed by atoms with Gasteiger partial charge in [-0.1, -0.05) is 33.6 Å². The molecule has 7 heteroatoms. The van der Waals surface area contributed by atoms with Crippen molar-refractivity contribution in [3.05, 3.63) is 27.7 Å². The van der Waals surface area contributed by atoms with Crippen LogP contribution in [0, 0.1) is 0 Å². The number of rotatable bonds is 3. The molecule has 0 aromatic heterocycles. The SMILES string of the molecule is O=S(=O)(CBr)Nc1cccc(Br)c1Cl. The predicted molar refractivity (Wildman–Crippen MR) is 65.5 cm³/mol. The quantitative estimate of drug-likeness (QED) is 0.839. The van der Waals surface area contributed by atoms with Crippen molar-refractivity contribution < 1.29 is 8.42 Å². The van der Waals surface area contributed by atoms with Gasteiger partial charge in [-0.25, -0.2) is 8.42 Å². The van der Waals surface area contributed by atoms with Crippen molar-refractivity contribution in [2.75, 3.05) is 9.38 Å². The van der Waals surface area contributed by atoms with Gasteiger partial charge in [0.05, 0.1) is 10.7 Å². The zero-order valence-corrected chi connectivity index (χ0v) is 11.5. The first-order valence-electron chi connectivity index (χ1n) is 3.47. The van der Waals surface area contributed by atoms with E-state index in [0.717, 1.165) is 0 Å². The Morgan fingerprint density at radius 2 is 2.07 bits per heavy atom. The van der Waals surface area contributed by atoms with Gasteiger partial charge in [-0.2, -0.15) is 0 Å². The summed E-state index contributed by atoms with van der Waals surface area (Å²) in [7, 11) is -3.35. The molecule has 1 N–H and O–H groups in total. The van der Waals surface area contributed by atoms with Crippen LogP contribution in [0.4, 0.5) is 5.69 Å². The summed E-state index contributed by atoms with van der Waals surface area (Å²) in [5.41, 5.74) is 0.362. The number of benzene rings is 1. The van der Waals surface area contributed by atoms with Crippen LogP contribution in [0.25, 0.3) is 0 Å². The molecule has 0 radical (unpaired) electrons. The summed E-state index contributed by atoms with van der Waals surface area (Å²) in [6.45, 7) is 0. The van der Waals surface area contributed by atoms with Gasteiger partial charge in [0.25, 0.3) is 0 Å². The second-order valence-electron chi connectivity index (χ2n) is 2.43. The van der Waals surface area contributed by atoms with Crippen molar-refractivity contribution in [3.63, 3.8) is 0 Å². The maximum Gasteiger partial charge on any atom is 0.242 e. The van der Waals surface area contributed by atoms with Crippen molar-refractivity contribution in [3.8, 4) is 0 Å². The molecule has 1 aromatic rings. The molecule has 0 aliphatic rings. The van der Waals surface area contributed by atoms with Crippen molar-refractivity contribution in [1.29, 1.82) is 0 Å². The van der Waals surface area contributed by atoms with Gasteiger partial charge in [0.1, 0.15) is 4.66 Å². The lowest BCUT2D eigenvalue weighted by Gasteiger charge is -2.07. The molecule has 0 bridgehead atoms. The van der Waals surface area contributed by atoms with Gasteiger partial charge < -0.3 is 0 Å². The smallest absolute Gasteiger partial charge is 0.242 e. The predicted octanol–water partition coefficient (Wildman–Crippen LogP) is 3.20. The molecule has 14 heavy (non-hydrogen) atoms. The Hall–Kier alpha value is 0.220. The number of alkyl halides is 1. The fourth-order valence-corrected chi connectivity index (χ4v) is 2.28. The summed E-state index contributed by atoms with van der Waals surface area (Å²) in [6.07, 6.45) is 0. The second-order valence-corrected chi connectivity index (χ2v) is 6.68. The third-order valence-electron chi connectivity index (χ3n) is 1.36. The fourth-order valence-electron chi connectivity index (χ4n) is 0.777. The molecule has 0 aliphatic heterocycles. The summed E-state index contributed by atoms with van der Waals surface area (Å²) in [5.74, 6) is 0. The van der Waals surface area contributed by atoms with E-state index in [0.29, 0.717) is 15.2 Å². The van der Waals surface area contributed by atoms with Crippen LogP contribution in [-0.2, 0) is 10.0 Å². The van der Waals surface area contributed by atoms with Gasteiger partial charge >= 0.3 is 0 Å². The Labute approximate surface area is 104 Å². The van der Waals surface area contributed by atoms with Gasteiger partial charge in [-0.15, -0.1) is 0 Å². The normalized spacial score (nSPS) is 11.4. The Morgan fingerprint density at radius 3 is 2.64 bits per heavy atom. The third-order valence-corrected chi connectivity index (χ3v) is 5.28. The van der Waals surface area contributed by atoms with Gasteiger partial charge in [0, 0.05) is 4.47 Å². The topological polar surface area (TPSA) is 46.2 Å². The zero-order chi connectivity index (χ0) is 10.8. The molecule has 78 valence electrons. The summed E-state index contributed by atoms with van der Waals surface area (Å²) >= 11 is 11.9. The van der Waals surface area contributed by atoms with Crippen LogP contribution in [0.5, 0.6) is 0 Å². The largest absolute Gasteiger partial charge is 0.281 e. The van der Waals surface area contributed by atoms with Crippen molar-refractivity contribution in [1.82, 2.24) is 0 Å². The summed E-state index contributed by atoms with van der Waals surface area (Å²) < 4.78 is 25.2. The average molecular weight is 363 g/mol. The minimum atomic E-state index is -3.35. The molecule has 1 aromatic carbocycles. The Morgan fingerprint density at radius 1 is 1.43 bits per heavy atom. The monoisotopic (exact) mass is 361 g/mol. The molecule has 0 unspecified atom stereocenters. The Kier molecular flexibility index (Phi) is 4.24. The molecule has 0 saturated carbocycles. The lowest BCUT2D eigenvalue weighted by atomic mass is 10.3. The molecule has 3 nitrogen and oxygen atoms in total. The highest BCUT2D eigenvalue weighted by atomic mass is 79.9. The van der Waals surface area contributed by atoms with Crippen LogP contribution in [0.3, 0.4) is 0 Å². The second kappa shape index (κ2) is 4.83. The van der Waals surface area contributed by atoms with E-state index in [2.05, 4.69) is 36.6 Å². The van der Waals surface area contributed by atoms with E-state index in [-0.39, 0.29) is 4.66 Å². The minimum Gasteiger partial charge on any atom is -0.281 e. The molecule has 0 aliphatic carbocycles. The molecule has 0 saturated heterocycles. The van der Waals surface area contributed by atoms with E-state index >= 15 is 0 Å². The first-order chi connectivity index (χ1) is 6.46. The number of hydrogen-bond acceptors (Lipinski definition) is 2. The van der Waals surface area contributed by atoms with Crippen LogP contribution >= 0.6 is 43.5 Å². The van der Waals surface area contributed by atoms with E-state index < -0.39 is 10.0 Å². The van der Waals surface area contributed by atoms with Crippen LogP contribution in [0.2, 0.25) is 5.02 Å². The number of sulfonamides is 1. The molecule has 0 spiro atoms. The van der Waals surface area contributed by atoms with Gasteiger partial charge in [0.15, 0.2) is 0 Å². The molecular weight excluding hydrogens is 357 g/mol. The summed E-state index contributed by atoms with van der Waals surface area (Å²) in [4.78, 5) is 0. The highest BCUT2D eigenvalue weighted by Gasteiger charge is 2.11. The van der Waals surface area contributed by atoms with Crippen LogP contribution in [0.15, 0.2) is 22.7 Å². The number of halogens is 3. The van der Waals surface area contributed by atoms with E-state index in [4.69, 9.17) is 11.6 Å². The molecule has 0 atom stereocenters. The highest BCUT2D eigenvalue weighted by Crippen LogP contribution is 2.30. The summed E-state index contributed by atoms with van der Waals surface area (Å²) in [5, 5.41) is 0.344. The summed E-state index contributed by atoms with van der Waals surface area (Å²) in [6, 6.07) is 5.02. The molecule has 0 heterocycles. The maximum atomic E-state index is 11.2. The number of nitrogens with one attached hydrogen (secondary N) is 1.